The highest BCUT2D eigenvalue weighted by Crippen LogP contribution is 2.45. The lowest BCUT2D eigenvalue weighted by Gasteiger charge is -2.43. The van der Waals surface area contributed by atoms with E-state index < -0.39 is 18.0 Å². The summed E-state index contributed by atoms with van der Waals surface area (Å²) in [6.07, 6.45) is 0.308. The molecule has 0 radical (unpaired) electrons. The quantitative estimate of drug-likeness (QED) is 0.450. The van der Waals surface area contributed by atoms with Gasteiger partial charge in [0.15, 0.2) is 0 Å². The first-order valence-corrected chi connectivity index (χ1v) is 14.8. The maximum absolute atomic E-state index is 13.8. The van der Waals surface area contributed by atoms with E-state index in [2.05, 4.69) is 25.7 Å². The fraction of sp³-hybridized carbons (Fsp3) is 0.500. The molecule has 1 aromatic heterocycles. The predicted molar refractivity (Wildman–Crippen MR) is 161 cm³/mol. The number of ether oxygens (including phenoxy) is 1. The van der Waals surface area contributed by atoms with Crippen LogP contribution < -0.4 is 15.3 Å². The molecule has 2 aromatic carbocycles. The largest absolute Gasteiger partial charge is 0.497 e. The lowest BCUT2D eigenvalue weighted by molar-refractivity contribution is -0.151. The number of carbonyl (C=O) groups excluding carboxylic acids is 2. The van der Waals surface area contributed by atoms with Crippen molar-refractivity contribution in [2.45, 2.75) is 64.7 Å². The minimum Gasteiger partial charge on any atom is -0.497 e. The molecule has 11 nitrogen and oxygen atoms in total. The van der Waals surface area contributed by atoms with Gasteiger partial charge in [-0.15, -0.1) is 0 Å². The first-order chi connectivity index (χ1) is 20.4. The van der Waals surface area contributed by atoms with Crippen LogP contribution in [-0.2, 0) is 23.2 Å². The highest BCUT2D eigenvalue weighted by molar-refractivity contribution is 6.00. The Morgan fingerprint density at radius 2 is 1.77 bits per heavy atom. The van der Waals surface area contributed by atoms with Crippen molar-refractivity contribution in [1.29, 1.82) is 0 Å². The molecule has 43 heavy (non-hydrogen) atoms. The average molecular weight is 590 g/mol. The van der Waals surface area contributed by atoms with Crippen LogP contribution in [0.25, 0.3) is 11.0 Å². The number of fused-ring (bicyclic) bond motifs is 3. The SMILES string of the molecule is COc1ccc(CN2C(=O)CCC(n3c(=O)n(C)c4c(N5C[C@H]6CC(C(C)(C)C)[C@@H](C5)N6C(=O)O)cccc43)C2=O)cc1. The zero-order chi connectivity index (χ0) is 30.8. The van der Waals surface area contributed by atoms with E-state index in [0.717, 1.165) is 17.7 Å². The molecule has 2 unspecified atom stereocenters. The number of amides is 3. The van der Waals surface area contributed by atoms with Crippen molar-refractivity contribution in [2.75, 3.05) is 25.1 Å². The molecule has 0 spiro atoms. The Bertz CT molecular complexity index is 1650. The summed E-state index contributed by atoms with van der Waals surface area (Å²) in [5, 5.41) is 10.0. The fourth-order valence-corrected chi connectivity index (χ4v) is 7.50. The topological polar surface area (TPSA) is 117 Å². The molecule has 1 N–H and O–H groups in total. The third-order valence-electron chi connectivity index (χ3n) is 9.63. The number of imide groups is 1. The lowest BCUT2D eigenvalue weighted by Crippen LogP contribution is -2.57. The molecule has 6 rings (SSSR count). The summed E-state index contributed by atoms with van der Waals surface area (Å²) < 4.78 is 8.33. The summed E-state index contributed by atoms with van der Waals surface area (Å²) in [5.41, 5.74) is 2.59. The number of rotatable bonds is 5. The number of aryl methyl sites for hydroxylation is 1. The minimum atomic E-state index is -0.886. The summed E-state index contributed by atoms with van der Waals surface area (Å²) >= 11 is 0. The number of likely N-dealkylation sites (tertiary alicyclic amines) is 1. The summed E-state index contributed by atoms with van der Waals surface area (Å²) in [6, 6.07) is 11.8. The van der Waals surface area contributed by atoms with Crippen molar-refractivity contribution in [3.63, 3.8) is 0 Å². The van der Waals surface area contributed by atoms with E-state index in [0.29, 0.717) is 29.9 Å². The third-order valence-corrected chi connectivity index (χ3v) is 9.63. The van der Waals surface area contributed by atoms with Gasteiger partial charge in [0.1, 0.15) is 11.8 Å². The molecule has 0 saturated carbocycles. The Morgan fingerprint density at radius 3 is 2.42 bits per heavy atom. The molecule has 2 bridgehead atoms. The van der Waals surface area contributed by atoms with E-state index in [1.54, 1.807) is 35.8 Å². The Morgan fingerprint density at radius 1 is 1.05 bits per heavy atom. The Hall–Kier alpha value is -4.28. The van der Waals surface area contributed by atoms with Gasteiger partial charge in [-0.05, 0) is 54.0 Å². The van der Waals surface area contributed by atoms with Gasteiger partial charge < -0.3 is 14.7 Å². The van der Waals surface area contributed by atoms with E-state index >= 15 is 0 Å². The van der Waals surface area contributed by atoms with E-state index in [4.69, 9.17) is 4.74 Å². The van der Waals surface area contributed by atoms with Gasteiger partial charge in [-0.3, -0.25) is 28.5 Å². The maximum Gasteiger partial charge on any atom is 0.407 e. The molecule has 3 fully saturated rings. The van der Waals surface area contributed by atoms with Gasteiger partial charge in [0.05, 0.1) is 42.5 Å². The van der Waals surface area contributed by atoms with Crippen molar-refractivity contribution in [3.05, 3.63) is 58.5 Å². The van der Waals surface area contributed by atoms with E-state index in [9.17, 15) is 24.3 Å². The predicted octanol–water partition coefficient (Wildman–Crippen LogP) is 3.84. The second-order valence-electron chi connectivity index (χ2n) is 13.1. The summed E-state index contributed by atoms with van der Waals surface area (Å²) in [5.74, 6) is 0.238. The van der Waals surface area contributed by atoms with Crippen molar-refractivity contribution in [3.8, 4) is 5.75 Å². The number of nitrogens with zero attached hydrogens (tertiary/aromatic N) is 5. The van der Waals surface area contributed by atoms with Crippen LogP contribution >= 0.6 is 0 Å². The highest BCUT2D eigenvalue weighted by Gasteiger charge is 2.52. The lowest BCUT2D eigenvalue weighted by atomic mass is 9.76. The second-order valence-corrected chi connectivity index (χ2v) is 13.1. The number of piperidine rings is 1. The normalized spacial score (nSPS) is 24.3. The molecule has 11 heteroatoms. The average Bonchev–Trinajstić information content (AvgIpc) is 3.37. The number of anilines is 1. The highest BCUT2D eigenvalue weighted by atomic mass is 16.5. The standard InChI is InChI=1S/C32H39N5O6/c1-32(2,3)22-15-20-17-34(18-26(22)36(20)31(41)42)23-7-6-8-24-28(23)33(4)30(40)37(24)25-13-14-27(38)35(29(25)39)16-19-9-11-21(43-5)12-10-19/h6-12,20,22,25-26H,13-18H2,1-5H3,(H,41,42)/t20-,22?,25?,26-/m1/s1. The Labute approximate surface area is 250 Å². The number of hydrogen-bond donors (Lipinski definition) is 1. The van der Waals surface area contributed by atoms with Crippen LogP contribution in [0.5, 0.6) is 5.75 Å². The van der Waals surface area contributed by atoms with Crippen LogP contribution in [0.2, 0.25) is 0 Å². The minimum absolute atomic E-state index is 0.0538. The number of para-hydroxylation sites is 1. The fourth-order valence-electron chi connectivity index (χ4n) is 7.50. The van der Waals surface area contributed by atoms with Crippen LogP contribution in [0.3, 0.4) is 0 Å². The molecule has 4 heterocycles. The number of imidazole rings is 1. The Kier molecular flexibility index (Phi) is 7.01. The number of benzene rings is 2. The number of methoxy groups -OCH3 is 1. The van der Waals surface area contributed by atoms with Crippen LogP contribution in [0.15, 0.2) is 47.3 Å². The van der Waals surface area contributed by atoms with Crippen LogP contribution in [0, 0.1) is 11.3 Å². The van der Waals surface area contributed by atoms with Crippen LogP contribution in [0.1, 0.15) is 51.6 Å². The van der Waals surface area contributed by atoms with Gasteiger partial charge >= 0.3 is 11.8 Å². The molecule has 3 aromatic rings. The summed E-state index contributed by atoms with van der Waals surface area (Å²) in [7, 11) is 3.28. The van der Waals surface area contributed by atoms with Gasteiger partial charge in [-0.25, -0.2) is 9.59 Å². The molecular formula is C32H39N5O6. The smallest absolute Gasteiger partial charge is 0.407 e. The molecular weight excluding hydrogens is 550 g/mol. The molecule has 4 atom stereocenters. The van der Waals surface area contributed by atoms with Gasteiger partial charge in [-0.1, -0.05) is 39.0 Å². The van der Waals surface area contributed by atoms with Gasteiger partial charge in [0, 0.05) is 26.6 Å². The Balaban J connectivity index is 1.35. The van der Waals surface area contributed by atoms with Crippen LogP contribution in [-0.4, -0.2) is 74.2 Å². The van der Waals surface area contributed by atoms with Crippen molar-refractivity contribution in [1.82, 2.24) is 18.9 Å². The molecule has 3 aliphatic rings. The van der Waals surface area contributed by atoms with Gasteiger partial charge in [-0.2, -0.15) is 0 Å². The number of carbonyl (C=O) groups is 3. The monoisotopic (exact) mass is 589 g/mol. The van der Waals surface area contributed by atoms with E-state index in [1.807, 2.05) is 30.3 Å². The first-order valence-electron chi connectivity index (χ1n) is 14.8. The van der Waals surface area contributed by atoms with E-state index in [1.165, 1.54) is 9.47 Å². The molecule has 228 valence electrons. The molecule has 3 amide bonds. The molecule has 3 saturated heterocycles. The maximum atomic E-state index is 13.8. The van der Waals surface area contributed by atoms with E-state index in [-0.39, 0.29) is 54.4 Å². The van der Waals surface area contributed by atoms with Crippen LogP contribution in [0.4, 0.5) is 10.5 Å². The second kappa shape index (κ2) is 10.5. The first kappa shape index (κ1) is 28.8. The zero-order valence-electron chi connectivity index (χ0n) is 25.3. The number of piperazine rings is 1. The van der Waals surface area contributed by atoms with Crippen molar-refractivity contribution in [2.24, 2.45) is 18.4 Å². The zero-order valence-corrected chi connectivity index (χ0v) is 25.3. The van der Waals surface area contributed by atoms with Gasteiger partial charge in [0.2, 0.25) is 5.91 Å². The third kappa shape index (κ3) is 4.74. The molecule has 0 aliphatic carbocycles. The van der Waals surface area contributed by atoms with Crippen molar-refractivity contribution >= 4 is 34.6 Å². The number of aromatic nitrogens is 2. The van der Waals surface area contributed by atoms with Crippen molar-refractivity contribution < 1.29 is 24.2 Å². The number of hydrogen-bond acceptors (Lipinski definition) is 6. The van der Waals surface area contributed by atoms with Gasteiger partial charge in [0.25, 0.3) is 5.91 Å². The summed E-state index contributed by atoms with van der Waals surface area (Å²) in [6.45, 7) is 7.66. The summed E-state index contributed by atoms with van der Waals surface area (Å²) in [4.78, 5) is 57.8. The number of carboxylic acid groups (broad SMARTS) is 1. The molecule has 3 aliphatic heterocycles.